The summed E-state index contributed by atoms with van der Waals surface area (Å²) in [6, 6.07) is 10.2. The monoisotopic (exact) mass is 338 g/mol. The highest BCUT2D eigenvalue weighted by Crippen LogP contribution is 2.32. The van der Waals surface area contributed by atoms with E-state index < -0.39 is 0 Å². The van der Waals surface area contributed by atoms with Crippen LogP contribution in [0.5, 0.6) is 0 Å². The predicted octanol–water partition coefficient (Wildman–Crippen LogP) is 2.39. The van der Waals surface area contributed by atoms with E-state index in [0.717, 1.165) is 43.6 Å². The highest BCUT2D eigenvalue weighted by Gasteiger charge is 2.28. The molecular weight excluding hydrogens is 312 g/mol. The van der Waals surface area contributed by atoms with Gasteiger partial charge in [-0.2, -0.15) is 5.10 Å². The van der Waals surface area contributed by atoms with Crippen molar-refractivity contribution in [2.45, 2.75) is 32.1 Å². The van der Waals surface area contributed by atoms with E-state index >= 15 is 0 Å². The highest BCUT2D eigenvalue weighted by molar-refractivity contribution is 5.80. The second kappa shape index (κ2) is 7.40. The largest absolute Gasteiger partial charge is 0.355 e. The normalized spacial score (nSPS) is 20.4. The lowest BCUT2D eigenvalue weighted by molar-refractivity contribution is -0.125. The Morgan fingerprint density at radius 2 is 2.04 bits per heavy atom. The van der Waals surface area contributed by atoms with Gasteiger partial charge in [-0.25, -0.2) is 0 Å². The molecule has 1 saturated heterocycles. The first-order chi connectivity index (χ1) is 12.3. The summed E-state index contributed by atoms with van der Waals surface area (Å²) in [7, 11) is 0. The molecule has 2 aliphatic rings. The number of carbonyl (C=O) groups excluding carboxylic acids is 1. The number of rotatable bonds is 5. The smallest absolute Gasteiger partial charge is 0.223 e. The summed E-state index contributed by atoms with van der Waals surface area (Å²) in [6.07, 6.45) is 5.17. The molecule has 0 unspecified atom stereocenters. The Kier molecular flexibility index (Phi) is 4.83. The van der Waals surface area contributed by atoms with Gasteiger partial charge in [0.2, 0.25) is 5.91 Å². The van der Waals surface area contributed by atoms with Crippen molar-refractivity contribution in [1.82, 2.24) is 20.4 Å². The number of aromatic amines is 1. The molecule has 2 aromatic rings. The summed E-state index contributed by atoms with van der Waals surface area (Å²) in [4.78, 5) is 15.0. The number of aromatic nitrogens is 2. The summed E-state index contributed by atoms with van der Waals surface area (Å²) in [5.41, 5.74) is 4.54. The van der Waals surface area contributed by atoms with Gasteiger partial charge in [-0.15, -0.1) is 0 Å². The van der Waals surface area contributed by atoms with Gasteiger partial charge in [0.15, 0.2) is 0 Å². The van der Waals surface area contributed by atoms with Gasteiger partial charge in [-0.1, -0.05) is 30.3 Å². The summed E-state index contributed by atoms with van der Waals surface area (Å²) in [6.45, 7) is 4.10. The van der Waals surface area contributed by atoms with Crippen LogP contribution < -0.4 is 5.32 Å². The molecule has 1 aliphatic carbocycles. The van der Waals surface area contributed by atoms with Crippen LogP contribution in [0.2, 0.25) is 0 Å². The summed E-state index contributed by atoms with van der Waals surface area (Å²) in [5, 5.41) is 10.8. The molecule has 1 atom stereocenters. The first-order valence-electron chi connectivity index (χ1n) is 9.43. The van der Waals surface area contributed by atoms with Crippen LogP contribution in [-0.4, -0.2) is 47.2 Å². The second-order valence-electron chi connectivity index (χ2n) is 7.17. The number of H-pyrrole nitrogens is 1. The first-order valence-corrected chi connectivity index (χ1v) is 9.43. The number of fused-ring (bicyclic) bond motifs is 1. The molecule has 0 saturated carbocycles. The van der Waals surface area contributed by atoms with Crippen molar-refractivity contribution >= 4 is 5.91 Å². The van der Waals surface area contributed by atoms with Gasteiger partial charge in [0.1, 0.15) is 0 Å². The molecule has 1 aliphatic heterocycles. The number of amides is 1. The van der Waals surface area contributed by atoms with E-state index in [9.17, 15) is 4.79 Å². The van der Waals surface area contributed by atoms with Crippen LogP contribution >= 0.6 is 0 Å². The SMILES string of the molecule is O=C(NCCN1CCCC1)[C@H]1CCc2[nH]nc(-c3ccccc3)c2C1. The quantitative estimate of drug-likeness (QED) is 0.880. The predicted molar refractivity (Wildman–Crippen MR) is 98.2 cm³/mol. The van der Waals surface area contributed by atoms with Crippen molar-refractivity contribution in [2.75, 3.05) is 26.2 Å². The average Bonchev–Trinajstić information content (AvgIpc) is 3.31. The molecule has 0 spiro atoms. The van der Waals surface area contributed by atoms with E-state index in [1.54, 1.807) is 0 Å². The topological polar surface area (TPSA) is 61.0 Å². The van der Waals surface area contributed by atoms with Gasteiger partial charge in [0.05, 0.1) is 5.69 Å². The van der Waals surface area contributed by atoms with E-state index in [4.69, 9.17) is 0 Å². The number of nitrogens with zero attached hydrogens (tertiary/aromatic N) is 2. The second-order valence-corrected chi connectivity index (χ2v) is 7.17. The average molecular weight is 338 g/mol. The molecule has 2 N–H and O–H groups in total. The van der Waals surface area contributed by atoms with Crippen LogP contribution in [0.15, 0.2) is 30.3 Å². The maximum absolute atomic E-state index is 12.6. The van der Waals surface area contributed by atoms with E-state index in [1.807, 2.05) is 18.2 Å². The van der Waals surface area contributed by atoms with Gasteiger partial charge >= 0.3 is 0 Å². The van der Waals surface area contributed by atoms with Crippen molar-refractivity contribution in [3.05, 3.63) is 41.6 Å². The molecule has 2 heterocycles. The maximum atomic E-state index is 12.6. The van der Waals surface area contributed by atoms with Crippen molar-refractivity contribution in [3.8, 4) is 11.3 Å². The van der Waals surface area contributed by atoms with Crippen molar-refractivity contribution in [3.63, 3.8) is 0 Å². The van der Waals surface area contributed by atoms with Crippen LogP contribution in [0.4, 0.5) is 0 Å². The third kappa shape index (κ3) is 3.61. The zero-order valence-electron chi connectivity index (χ0n) is 14.6. The fourth-order valence-electron chi connectivity index (χ4n) is 4.04. The first kappa shape index (κ1) is 16.3. The van der Waals surface area contributed by atoms with Crippen LogP contribution in [0.1, 0.15) is 30.5 Å². The minimum Gasteiger partial charge on any atom is -0.355 e. The summed E-state index contributed by atoms with van der Waals surface area (Å²) >= 11 is 0. The Morgan fingerprint density at radius 3 is 2.84 bits per heavy atom. The third-order valence-electron chi connectivity index (χ3n) is 5.49. The number of benzene rings is 1. The van der Waals surface area contributed by atoms with Gasteiger partial charge in [-0.05, 0) is 45.2 Å². The Balaban J connectivity index is 1.38. The minimum absolute atomic E-state index is 0.0612. The van der Waals surface area contributed by atoms with Crippen molar-refractivity contribution < 1.29 is 4.79 Å². The fourth-order valence-corrected chi connectivity index (χ4v) is 4.04. The molecule has 1 aromatic heterocycles. The van der Waals surface area contributed by atoms with Crippen molar-refractivity contribution in [1.29, 1.82) is 0 Å². The van der Waals surface area contributed by atoms with Crippen LogP contribution in [0, 0.1) is 5.92 Å². The van der Waals surface area contributed by atoms with E-state index in [2.05, 4.69) is 32.5 Å². The van der Waals surface area contributed by atoms with Crippen LogP contribution in [0.25, 0.3) is 11.3 Å². The highest BCUT2D eigenvalue weighted by atomic mass is 16.1. The van der Waals surface area contributed by atoms with Crippen LogP contribution in [-0.2, 0) is 17.6 Å². The molecule has 132 valence electrons. The fraction of sp³-hybridized carbons (Fsp3) is 0.500. The Hall–Kier alpha value is -2.14. The summed E-state index contributed by atoms with van der Waals surface area (Å²) in [5.74, 6) is 0.260. The molecule has 5 nitrogen and oxygen atoms in total. The van der Waals surface area contributed by atoms with Gasteiger partial charge < -0.3 is 10.2 Å². The standard InChI is InChI=1S/C20H26N4O/c25-20(21-10-13-24-11-4-5-12-24)16-8-9-18-17(14-16)19(23-22-18)15-6-2-1-3-7-15/h1-3,6-7,16H,4-5,8-14H2,(H,21,25)(H,22,23)/t16-/m0/s1. The number of aryl methyl sites for hydroxylation is 1. The zero-order chi connectivity index (χ0) is 17.1. The summed E-state index contributed by atoms with van der Waals surface area (Å²) < 4.78 is 0. The van der Waals surface area contributed by atoms with E-state index in [1.165, 1.54) is 37.2 Å². The molecule has 1 amide bonds. The lowest BCUT2D eigenvalue weighted by atomic mass is 9.85. The molecule has 25 heavy (non-hydrogen) atoms. The van der Waals surface area contributed by atoms with E-state index in [0.29, 0.717) is 0 Å². The molecular formula is C20H26N4O. The number of hydrogen-bond donors (Lipinski definition) is 2. The Labute approximate surface area is 148 Å². The molecule has 0 bridgehead atoms. The zero-order valence-corrected chi connectivity index (χ0v) is 14.6. The third-order valence-corrected chi connectivity index (χ3v) is 5.49. The molecule has 5 heteroatoms. The lowest BCUT2D eigenvalue weighted by Crippen LogP contribution is -2.38. The van der Waals surface area contributed by atoms with Gasteiger partial charge in [-0.3, -0.25) is 9.89 Å². The van der Waals surface area contributed by atoms with Crippen LogP contribution in [0.3, 0.4) is 0 Å². The van der Waals surface area contributed by atoms with Gasteiger partial charge in [0.25, 0.3) is 0 Å². The molecule has 0 radical (unpaired) electrons. The number of nitrogens with one attached hydrogen (secondary N) is 2. The number of hydrogen-bond acceptors (Lipinski definition) is 3. The minimum atomic E-state index is 0.0612. The number of likely N-dealkylation sites (tertiary alicyclic amines) is 1. The maximum Gasteiger partial charge on any atom is 0.223 e. The van der Waals surface area contributed by atoms with E-state index in [-0.39, 0.29) is 11.8 Å². The van der Waals surface area contributed by atoms with Gasteiger partial charge in [0, 0.05) is 35.8 Å². The molecule has 1 aromatic carbocycles. The Bertz CT molecular complexity index is 719. The molecule has 4 rings (SSSR count). The molecule has 1 fully saturated rings. The lowest BCUT2D eigenvalue weighted by Gasteiger charge is -2.22. The number of carbonyl (C=O) groups is 1. The van der Waals surface area contributed by atoms with Crippen molar-refractivity contribution in [2.24, 2.45) is 5.92 Å². The Morgan fingerprint density at radius 1 is 1.24 bits per heavy atom.